The molecule has 2 amide bonds. The van der Waals surface area contributed by atoms with Gasteiger partial charge in [-0.1, -0.05) is 12.1 Å². The van der Waals surface area contributed by atoms with Gasteiger partial charge in [-0.25, -0.2) is 13.6 Å². The summed E-state index contributed by atoms with van der Waals surface area (Å²) >= 11 is 0. The van der Waals surface area contributed by atoms with Crippen molar-refractivity contribution in [3.05, 3.63) is 99.6 Å². The number of hydrogen-bond acceptors (Lipinski definition) is 4. The van der Waals surface area contributed by atoms with Crippen LogP contribution in [0, 0.1) is 21.7 Å². The fourth-order valence-corrected chi connectivity index (χ4v) is 5.09. The lowest BCUT2D eigenvalue weighted by molar-refractivity contribution is -0.384. The highest BCUT2D eigenvalue weighted by Gasteiger charge is 2.46. The number of benzene rings is 3. The number of halogens is 2. The third-order valence-electron chi connectivity index (χ3n) is 6.99. The molecule has 0 radical (unpaired) electrons. The molecule has 0 atom stereocenters. The normalized spacial score (nSPS) is 16.8. The molecule has 3 aromatic rings. The second-order valence-electron chi connectivity index (χ2n) is 9.16. The Labute approximate surface area is 201 Å². The van der Waals surface area contributed by atoms with E-state index < -0.39 is 4.92 Å². The van der Waals surface area contributed by atoms with E-state index in [1.807, 2.05) is 0 Å². The molecule has 0 saturated carbocycles. The fourth-order valence-electron chi connectivity index (χ4n) is 5.09. The molecule has 2 heterocycles. The maximum atomic E-state index is 14.3. The highest BCUT2D eigenvalue weighted by molar-refractivity contribution is 6.03. The number of hydrogen-bond donors (Lipinski definition) is 1. The number of nitro groups is 1. The summed E-state index contributed by atoms with van der Waals surface area (Å²) in [5.74, 6) is -0.721. The predicted molar refractivity (Wildman–Crippen MR) is 128 cm³/mol. The quantitative estimate of drug-likeness (QED) is 0.399. The molecule has 0 unspecified atom stereocenters. The minimum Gasteiger partial charge on any atom is -0.308 e. The molecule has 3 aromatic carbocycles. The van der Waals surface area contributed by atoms with Crippen LogP contribution in [-0.2, 0) is 12.0 Å². The van der Waals surface area contributed by atoms with Crippen molar-refractivity contribution in [2.24, 2.45) is 0 Å². The van der Waals surface area contributed by atoms with Gasteiger partial charge in [-0.3, -0.25) is 19.9 Å². The molecule has 5 rings (SSSR count). The summed E-state index contributed by atoms with van der Waals surface area (Å²) in [5, 5.41) is 13.7. The molecule has 35 heavy (non-hydrogen) atoms. The van der Waals surface area contributed by atoms with Crippen LogP contribution in [0.15, 0.2) is 66.7 Å². The van der Waals surface area contributed by atoms with Crippen LogP contribution < -0.4 is 10.2 Å². The number of urea groups is 1. The molecule has 1 spiro atoms. The number of rotatable bonds is 4. The van der Waals surface area contributed by atoms with Crippen molar-refractivity contribution in [1.29, 1.82) is 0 Å². The number of non-ortho nitro benzene ring substituents is 1. The smallest absolute Gasteiger partial charge is 0.308 e. The Morgan fingerprint density at radius 1 is 0.971 bits per heavy atom. The van der Waals surface area contributed by atoms with Gasteiger partial charge in [0.2, 0.25) is 0 Å². The topological polar surface area (TPSA) is 78.7 Å². The summed E-state index contributed by atoms with van der Waals surface area (Å²) in [5.41, 5.74) is 2.71. The third kappa shape index (κ3) is 4.59. The van der Waals surface area contributed by atoms with E-state index in [-0.39, 0.29) is 28.8 Å². The van der Waals surface area contributed by atoms with Crippen molar-refractivity contribution < 1.29 is 18.5 Å². The number of amides is 2. The minimum absolute atomic E-state index is 0.0648. The molecular formula is C26H24F2N4O3. The summed E-state index contributed by atoms with van der Waals surface area (Å²) in [4.78, 5) is 27.5. The highest BCUT2D eigenvalue weighted by atomic mass is 19.1. The first kappa shape index (κ1) is 22.9. The molecular weight excluding hydrogens is 454 g/mol. The van der Waals surface area contributed by atoms with Crippen molar-refractivity contribution in [2.45, 2.75) is 24.8 Å². The van der Waals surface area contributed by atoms with Gasteiger partial charge in [-0.05, 0) is 79.5 Å². The van der Waals surface area contributed by atoms with E-state index in [4.69, 9.17) is 0 Å². The Balaban J connectivity index is 1.31. The first-order valence-corrected chi connectivity index (χ1v) is 11.4. The molecule has 7 nitrogen and oxygen atoms in total. The Morgan fingerprint density at radius 3 is 2.29 bits per heavy atom. The van der Waals surface area contributed by atoms with Gasteiger partial charge >= 0.3 is 6.03 Å². The van der Waals surface area contributed by atoms with Crippen LogP contribution in [0.4, 0.5) is 30.6 Å². The van der Waals surface area contributed by atoms with E-state index in [1.165, 1.54) is 48.5 Å². The second-order valence-corrected chi connectivity index (χ2v) is 9.16. The first-order chi connectivity index (χ1) is 16.8. The monoisotopic (exact) mass is 478 g/mol. The molecule has 1 saturated heterocycles. The number of nitro benzene ring substituents is 1. The van der Waals surface area contributed by atoms with Crippen molar-refractivity contribution in [2.75, 3.05) is 29.9 Å². The fraction of sp³-hybridized carbons (Fsp3) is 0.269. The molecule has 9 heteroatoms. The second kappa shape index (κ2) is 9.07. The average Bonchev–Trinajstić information content (AvgIpc) is 3.16. The number of nitrogens with zero attached hydrogens (tertiary/aromatic N) is 3. The number of anilines is 2. The number of carbonyl (C=O) groups excluding carboxylic acids is 1. The number of fused-ring (bicyclic) bond motifs is 2. The summed E-state index contributed by atoms with van der Waals surface area (Å²) in [6.07, 6.45) is 1.49. The zero-order valence-electron chi connectivity index (χ0n) is 18.9. The molecule has 1 fully saturated rings. The van der Waals surface area contributed by atoms with E-state index in [1.54, 1.807) is 23.1 Å². The van der Waals surface area contributed by atoms with Crippen LogP contribution >= 0.6 is 0 Å². The summed E-state index contributed by atoms with van der Waals surface area (Å²) in [6.45, 7) is 2.60. The van der Waals surface area contributed by atoms with E-state index in [0.717, 1.165) is 37.1 Å². The molecule has 0 aliphatic carbocycles. The highest BCUT2D eigenvalue weighted by Crippen LogP contribution is 2.47. The molecule has 0 bridgehead atoms. The van der Waals surface area contributed by atoms with Crippen LogP contribution in [0.2, 0.25) is 0 Å². The van der Waals surface area contributed by atoms with Gasteiger partial charge in [0.25, 0.3) is 5.69 Å². The molecule has 2 aliphatic heterocycles. The number of carbonyl (C=O) groups is 1. The van der Waals surface area contributed by atoms with Gasteiger partial charge in [-0.2, -0.15) is 0 Å². The van der Waals surface area contributed by atoms with Crippen LogP contribution in [0.5, 0.6) is 0 Å². The Bertz CT molecular complexity index is 1260. The average molecular weight is 478 g/mol. The third-order valence-corrected chi connectivity index (χ3v) is 6.99. The van der Waals surface area contributed by atoms with Crippen molar-refractivity contribution >= 4 is 23.1 Å². The van der Waals surface area contributed by atoms with Crippen molar-refractivity contribution in [3.8, 4) is 0 Å². The zero-order valence-corrected chi connectivity index (χ0v) is 18.9. The Kier molecular flexibility index (Phi) is 5.94. The van der Waals surface area contributed by atoms with Crippen molar-refractivity contribution in [3.63, 3.8) is 0 Å². The van der Waals surface area contributed by atoms with Crippen LogP contribution in [0.1, 0.15) is 24.0 Å². The maximum absolute atomic E-state index is 14.3. The SMILES string of the molecule is O=C(Nc1ccc(F)cc1)N1CC2(CCN(Cc3ccc([N+](=O)[O-])cc3)CC2)c2cc(F)ccc21. The zero-order chi connectivity index (χ0) is 24.6. The Morgan fingerprint density at radius 2 is 1.63 bits per heavy atom. The van der Waals surface area contributed by atoms with Gasteiger partial charge in [0.1, 0.15) is 11.6 Å². The lowest BCUT2D eigenvalue weighted by Gasteiger charge is -2.40. The van der Waals surface area contributed by atoms with E-state index in [0.29, 0.717) is 24.5 Å². The van der Waals surface area contributed by atoms with Crippen molar-refractivity contribution in [1.82, 2.24) is 4.90 Å². The predicted octanol–water partition coefficient (Wildman–Crippen LogP) is 5.46. The number of nitrogens with one attached hydrogen (secondary N) is 1. The van der Waals surface area contributed by atoms with Crippen LogP contribution in [-0.4, -0.2) is 35.5 Å². The summed E-state index contributed by atoms with van der Waals surface area (Å²) < 4.78 is 27.5. The van der Waals surface area contributed by atoms with Gasteiger partial charge < -0.3 is 5.32 Å². The molecule has 0 aromatic heterocycles. The first-order valence-electron chi connectivity index (χ1n) is 11.4. The lowest BCUT2D eigenvalue weighted by Crippen LogP contribution is -2.46. The summed E-state index contributed by atoms with van der Waals surface area (Å²) in [7, 11) is 0. The minimum atomic E-state index is -0.414. The summed E-state index contributed by atoms with van der Waals surface area (Å²) in [6, 6.07) is 16.3. The van der Waals surface area contributed by atoms with E-state index >= 15 is 0 Å². The van der Waals surface area contributed by atoms with Gasteiger partial charge in [0.15, 0.2) is 0 Å². The van der Waals surface area contributed by atoms with Gasteiger partial charge in [0.05, 0.1) is 4.92 Å². The van der Waals surface area contributed by atoms with Crippen LogP contribution in [0.25, 0.3) is 0 Å². The van der Waals surface area contributed by atoms with Gasteiger partial charge in [0, 0.05) is 42.0 Å². The standard InChI is InChI=1S/C26H24F2N4O3/c27-19-3-6-21(7-4-19)29-25(33)31-17-26(23-15-20(28)5-10-24(23)31)11-13-30(14-12-26)16-18-1-8-22(9-2-18)32(34)35/h1-10,15H,11-14,16-17H2,(H,29,33). The van der Waals surface area contributed by atoms with Crippen LogP contribution in [0.3, 0.4) is 0 Å². The molecule has 1 N–H and O–H groups in total. The van der Waals surface area contributed by atoms with E-state index in [9.17, 15) is 23.7 Å². The van der Waals surface area contributed by atoms with E-state index in [2.05, 4.69) is 10.2 Å². The lowest BCUT2D eigenvalue weighted by atomic mass is 9.74. The maximum Gasteiger partial charge on any atom is 0.326 e. The molecule has 2 aliphatic rings. The number of likely N-dealkylation sites (tertiary alicyclic amines) is 1. The molecule has 180 valence electrons. The number of piperidine rings is 1. The van der Waals surface area contributed by atoms with Gasteiger partial charge in [-0.15, -0.1) is 0 Å². The Hall–Kier alpha value is -3.85. The largest absolute Gasteiger partial charge is 0.326 e.